The molecule has 0 bridgehead atoms. The van der Waals surface area contributed by atoms with Gasteiger partial charge in [-0.25, -0.2) is 0 Å². The number of carbonyl (C=O) groups excluding carboxylic acids is 1. The van der Waals surface area contributed by atoms with Crippen LogP contribution < -0.4 is 10.6 Å². The molecular weight excluding hydrogens is 236 g/mol. The molecule has 1 aliphatic carbocycles. The molecule has 102 valence electrons. The van der Waals surface area contributed by atoms with E-state index < -0.39 is 0 Å². The van der Waals surface area contributed by atoms with E-state index in [-0.39, 0.29) is 11.3 Å². The molecule has 3 rings (SSSR count). The lowest BCUT2D eigenvalue weighted by molar-refractivity contribution is -0.124. The molecule has 1 atom stereocenters. The summed E-state index contributed by atoms with van der Waals surface area (Å²) < 4.78 is 0. The van der Waals surface area contributed by atoms with Crippen LogP contribution in [0.25, 0.3) is 0 Å². The first-order valence-corrected chi connectivity index (χ1v) is 7.19. The van der Waals surface area contributed by atoms with Crippen molar-refractivity contribution < 1.29 is 4.79 Å². The van der Waals surface area contributed by atoms with Crippen molar-refractivity contribution in [2.24, 2.45) is 11.3 Å². The summed E-state index contributed by atoms with van der Waals surface area (Å²) in [5.74, 6) is 0.465. The van der Waals surface area contributed by atoms with Gasteiger partial charge in [0.25, 0.3) is 0 Å². The van der Waals surface area contributed by atoms with Crippen LogP contribution in [0.1, 0.15) is 38.7 Å². The average molecular weight is 258 g/mol. The van der Waals surface area contributed by atoms with E-state index in [1.165, 1.54) is 12.0 Å². The lowest BCUT2D eigenvalue weighted by atomic mass is 9.81. The zero-order valence-electron chi connectivity index (χ0n) is 11.8. The lowest BCUT2D eigenvalue weighted by Gasteiger charge is -2.30. The number of hydrogen-bond donors (Lipinski definition) is 1. The summed E-state index contributed by atoms with van der Waals surface area (Å²) in [5, 5.41) is 0. The highest BCUT2D eigenvalue weighted by Crippen LogP contribution is 2.45. The Morgan fingerprint density at radius 1 is 1.42 bits per heavy atom. The molecule has 1 aromatic carbocycles. The Kier molecular flexibility index (Phi) is 2.80. The Bertz CT molecular complexity index is 521. The normalized spacial score (nSPS) is 24.5. The molecule has 1 unspecified atom stereocenters. The Hall–Kier alpha value is -1.51. The number of nitrogens with zero attached hydrogens (tertiary/aromatic N) is 1. The van der Waals surface area contributed by atoms with E-state index in [1.807, 2.05) is 17.0 Å². The summed E-state index contributed by atoms with van der Waals surface area (Å²) in [4.78, 5) is 14.8. The van der Waals surface area contributed by atoms with Gasteiger partial charge in [0, 0.05) is 23.8 Å². The quantitative estimate of drug-likeness (QED) is 0.787. The number of rotatable bonds is 1. The van der Waals surface area contributed by atoms with Crippen LogP contribution in [-0.4, -0.2) is 12.5 Å². The number of anilines is 2. The van der Waals surface area contributed by atoms with Crippen LogP contribution >= 0.6 is 0 Å². The summed E-state index contributed by atoms with van der Waals surface area (Å²) in [6.07, 6.45) is 4.30. The summed E-state index contributed by atoms with van der Waals surface area (Å²) in [7, 11) is 0. The van der Waals surface area contributed by atoms with Gasteiger partial charge in [-0.05, 0) is 42.4 Å². The highest BCUT2D eigenvalue weighted by Gasteiger charge is 2.42. The third-order valence-corrected chi connectivity index (χ3v) is 4.83. The maximum atomic E-state index is 12.8. The molecular formula is C16H22N2O. The number of hydrogen-bond acceptors (Lipinski definition) is 2. The fraction of sp³-hybridized carbons (Fsp3) is 0.562. The zero-order chi connectivity index (χ0) is 13.6. The smallest absolute Gasteiger partial charge is 0.230 e. The van der Waals surface area contributed by atoms with Gasteiger partial charge in [0.15, 0.2) is 0 Å². The molecule has 0 saturated heterocycles. The second-order valence-corrected chi connectivity index (χ2v) is 6.56. The molecule has 3 heteroatoms. The third kappa shape index (κ3) is 2.01. The Morgan fingerprint density at radius 3 is 2.89 bits per heavy atom. The van der Waals surface area contributed by atoms with Crippen molar-refractivity contribution in [3.63, 3.8) is 0 Å². The highest BCUT2D eigenvalue weighted by atomic mass is 16.2. The van der Waals surface area contributed by atoms with Crippen molar-refractivity contribution in [1.29, 1.82) is 0 Å². The molecule has 2 N–H and O–H groups in total. The maximum absolute atomic E-state index is 12.8. The molecule has 1 aromatic rings. The first kappa shape index (κ1) is 12.5. The topological polar surface area (TPSA) is 46.3 Å². The van der Waals surface area contributed by atoms with Gasteiger partial charge < -0.3 is 10.6 Å². The minimum Gasteiger partial charge on any atom is -0.399 e. The van der Waals surface area contributed by atoms with Gasteiger partial charge in [0.2, 0.25) is 5.91 Å². The standard InChI is InChI=1S/C16H22N2O/c1-16(2)8-3-4-13(16)15(19)18-9-7-11-5-6-12(17)10-14(11)18/h5-6,10,13H,3-4,7-9,17H2,1-2H3. The second-order valence-electron chi connectivity index (χ2n) is 6.56. The molecule has 1 saturated carbocycles. The molecule has 19 heavy (non-hydrogen) atoms. The van der Waals surface area contributed by atoms with E-state index >= 15 is 0 Å². The molecule has 1 amide bonds. The lowest BCUT2D eigenvalue weighted by Crippen LogP contribution is -2.39. The highest BCUT2D eigenvalue weighted by molar-refractivity contribution is 5.98. The third-order valence-electron chi connectivity index (χ3n) is 4.83. The van der Waals surface area contributed by atoms with Gasteiger partial charge in [-0.1, -0.05) is 26.3 Å². The predicted octanol–water partition coefficient (Wildman–Crippen LogP) is 2.98. The van der Waals surface area contributed by atoms with Gasteiger partial charge in [0.1, 0.15) is 0 Å². The molecule has 0 aromatic heterocycles. The van der Waals surface area contributed by atoms with Crippen LogP contribution in [0.3, 0.4) is 0 Å². The van der Waals surface area contributed by atoms with Crippen LogP contribution in [0, 0.1) is 11.3 Å². The summed E-state index contributed by atoms with van der Waals surface area (Å²) in [5.41, 5.74) is 9.02. The van der Waals surface area contributed by atoms with Crippen molar-refractivity contribution in [2.45, 2.75) is 39.5 Å². The van der Waals surface area contributed by atoms with Crippen molar-refractivity contribution in [3.8, 4) is 0 Å². The monoisotopic (exact) mass is 258 g/mol. The van der Waals surface area contributed by atoms with Gasteiger partial charge in [0.05, 0.1) is 0 Å². The molecule has 1 heterocycles. The molecule has 2 aliphatic rings. The van der Waals surface area contributed by atoms with Gasteiger partial charge >= 0.3 is 0 Å². The van der Waals surface area contributed by atoms with E-state index in [0.29, 0.717) is 5.91 Å². The molecule has 3 nitrogen and oxygen atoms in total. The number of benzene rings is 1. The van der Waals surface area contributed by atoms with Crippen molar-refractivity contribution in [2.75, 3.05) is 17.2 Å². The Balaban J connectivity index is 1.89. The van der Waals surface area contributed by atoms with Crippen molar-refractivity contribution in [3.05, 3.63) is 23.8 Å². The van der Waals surface area contributed by atoms with Crippen LogP contribution in [0.4, 0.5) is 11.4 Å². The summed E-state index contributed by atoms with van der Waals surface area (Å²) in [6, 6.07) is 5.92. The molecule has 0 spiro atoms. The van der Waals surface area contributed by atoms with E-state index in [4.69, 9.17) is 5.73 Å². The van der Waals surface area contributed by atoms with E-state index in [1.54, 1.807) is 0 Å². The van der Waals surface area contributed by atoms with Crippen molar-refractivity contribution in [1.82, 2.24) is 0 Å². The fourth-order valence-corrected chi connectivity index (χ4v) is 3.60. The number of nitrogens with two attached hydrogens (primary N) is 1. The number of carbonyl (C=O) groups is 1. The van der Waals surface area contributed by atoms with Crippen LogP contribution in [0.5, 0.6) is 0 Å². The van der Waals surface area contributed by atoms with Gasteiger partial charge in [-0.3, -0.25) is 4.79 Å². The summed E-state index contributed by atoms with van der Waals surface area (Å²) >= 11 is 0. The van der Waals surface area contributed by atoms with E-state index in [9.17, 15) is 4.79 Å². The number of amides is 1. The van der Waals surface area contributed by atoms with Crippen LogP contribution in [0.15, 0.2) is 18.2 Å². The van der Waals surface area contributed by atoms with Crippen LogP contribution in [0.2, 0.25) is 0 Å². The SMILES string of the molecule is CC1(C)CCCC1C(=O)N1CCc2ccc(N)cc21. The van der Waals surface area contributed by atoms with Crippen molar-refractivity contribution >= 4 is 17.3 Å². The van der Waals surface area contributed by atoms with Gasteiger partial charge in [-0.15, -0.1) is 0 Å². The molecule has 1 fully saturated rings. The molecule has 1 aliphatic heterocycles. The number of nitrogen functional groups attached to an aromatic ring is 1. The summed E-state index contributed by atoms with van der Waals surface area (Å²) in [6.45, 7) is 5.25. The van der Waals surface area contributed by atoms with Gasteiger partial charge in [-0.2, -0.15) is 0 Å². The Morgan fingerprint density at radius 2 is 2.21 bits per heavy atom. The van der Waals surface area contributed by atoms with E-state index in [0.717, 1.165) is 37.2 Å². The Labute approximate surface area is 114 Å². The van der Waals surface area contributed by atoms with Crippen LogP contribution in [-0.2, 0) is 11.2 Å². The average Bonchev–Trinajstić information content (AvgIpc) is 2.91. The zero-order valence-corrected chi connectivity index (χ0v) is 11.8. The minimum absolute atomic E-state index is 0.139. The number of fused-ring (bicyclic) bond motifs is 1. The largest absolute Gasteiger partial charge is 0.399 e. The second kappa shape index (κ2) is 4.26. The first-order chi connectivity index (χ1) is 8.99. The van der Waals surface area contributed by atoms with E-state index in [2.05, 4.69) is 19.9 Å². The minimum atomic E-state index is 0.139. The molecule has 0 radical (unpaired) electrons. The maximum Gasteiger partial charge on any atom is 0.230 e. The predicted molar refractivity (Wildman–Crippen MR) is 78.0 cm³/mol. The fourth-order valence-electron chi connectivity index (χ4n) is 3.60. The first-order valence-electron chi connectivity index (χ1n) is 7.19.